The van der Waals surface area contributed by atoms with Crippen molar-refractivity contribution in [2.75, 3.05) is 13.1 Å². The molecule has 0 spiro atoms. The van der Waals surface area contributed by atoms with Crippen LogP contribution in [-0.4, -0.2) is 42.1 Å². The van der Waals surface area contributed by atoms with Crippen LogP contribution in [0, 0.1) is 5.92 Å². The van der Waals surface area contributed by atoms with Crippen molar-refractivity contribution in [3.05, 3.63) is 0 Å². The molecule has 0 aromatic heterocycles. The number of carbonyl (C=O) groups is 1. The minimum absolute atomic E-state index is 0.0828. The summed E-state index contributed by atoms with van der Waals surface area (Å²) in [4.78, 5) is 14.9. The first-order valence-electron chi connectivity index (χ1n) is 8.27. The van der Waals surface area contributed by atoms with Crippen LogP contribution < -0.4 is 5.73 Å². The highest BCUT2D eigenvalue weighted by molar-refractivity contribution is 5.81. The zero-order chi connectivity index (χ0) is 14.5. The lowest BCUT2D eigenvalue weighted by atomic mass is 10.1. The molecule has 20 heavy (non-hydrogen) atoms. The Morgan fingerprint density at radius 3 is 2.50 bits per heavy atom. The van der Waals surface area contributed by atoms with E-state index in [4.69, 9.17) is 10.5 Å². The van der Waals surface area contributed by atoms with E-state index in [2.05, 4.69) is 18.7 Å². The van der Waals surface area contributed by atoms with E-state index in [0.29, 0.717) is 18.5 Å². The normalized spacial score (nSPS) is 27.4. The average molecular weight is 282 g/mol. The van der Waals surface area contributed by atoms with Gasteiger partial charge in [0.25, 0.3) is 5.91 Å². The topological polar surface area (TPSA) is 55.6 Å². The number of hydrogen-bond acceptors (Lipinski definition) is 3. The first-order chi connectivity index (χ1) is 9.61. The van der Waals surface area contributed by atoms with Crippen molar-refractivity contribution in [1.29, 1.82) is 0 Å². The van der Waals surface area contributed by atoms with E-state index in [1.807, 2.05) is 0 Å². The van der Waals surface area contributed by atoms with Gasteiger partial charge in [0.15, 0.2) is 0 Å². The Hall–Kier alpha value is -0.610. The number of ether oxygens (including phenoxy) is 1. The van der Waals surface area contributed by atoms with Gasteiger partial charge < -0.3 is 15.4 Å². The number of nitrogens with zero attached hydrogens (tertiary/aromatic N) is 1. The van der Waals surface area contributed by atoms with Gasteiger partial charge in [0.2, 0.25) is 0 Å². The van der Waals surface area contributed by atoms with Crippen molar-refractivity contribution >= 4 is 5.91 Å². The minimum Gasteiger partial charge on any atom is -0.364 e. The Balaban J connectivity index is 1.95. The van der Waals surface area contributed by atoms with Crippen LogP contribution in [0.25, 0.3) is 0 Å². The predicted octanol–water partition coefficient (Wildman–Crippen LogP) is 2.31. The molecular formula is C16H30N2O2. The van der Waals surface area contributed by atoms with Gasteiger partial charge >= 0.3 is 0 Å². The smallest absolute Gasteiger partial charge is 0.251 e. The van der Waals surface area contributed by atoms with E-state index < -0.39 is 0 Å². The lowest BCUT2D eigenvalue weighted by molar-refractivity contribution is -0.145. The standard InChI is InChI=1S/C16H30N2O2/c1-12(2)9-10-18(13-5-3-4-6-13)16(19)15-8-7-14(11-17)20-15/h12-15H,3-11,17H2,1-2H3. The third kappa shape index (κ3) is 3.95. The Morgan fingerprint density at radius 2 is 1.95 bits per heavy atom. The molecule has 116 valence electrons. The maximum atomic E-state index is 12.8. The largest absolute Gasteiger partial charge is 0.364 e. The van der Waals surface area contributed by atoms with E-state index in [1.165, 1.54) is 12.8 Å². The van der Waals surface area contributed by atoms with E-state index in [-0.39, 0.29) is 18.1 Å². The number of nitrogens with two attached hydrogens (primary N) is 1. The van der Waals surface area contributed by atoms with E-state index in [9.17, 15) is 4.79 Å². The van der Waals surface area contributed by atoms with Gasteiger partial charge in [-0.05, 0) is 38.0 Å². The molecule has 0 aromatic carbocycles. The molecule has 1 saturated heterocycles. The highest BCUT2D eigenvalue weighted by Gasteiger charge is 2.36. The summed E-state index contributed by atoms with van der Waals surface area (Å²) in [6, 6.07) is 0.446. The lowest BCUT2D eigenvalue weighted by Gasteiger charge is -2.32. The van der Waals surface area contributed by atoms with E-state index in [0.717, 1.165) is 38.6 Å². The molecule has 1 aliphatic carbocycles. The number of rotatable bonds is 6. The van der Waals surface area contributed by atoms with Gasteiger partial charge in [-0.15, -0.1) is 0 Å². The van der Waals surface area contributed by atoms with Crippen LogP contribution in [0.1, 0.15) is 58.8 Å². The molecule has 4 nitrogen and oxygen atoms in total. The van der Waals surface area contributed by atoms with Gasteiger partial charge in [0.05, 0.1) is 6.10 Å². The van der Waals surface area contributed by atoms with Crippen LogP contribution in [0.4, 0.5) is 0 Å². The Labute approximate surface area is 123 Å². The van der Waals surface area contributed by atoms with Crippen LogP contribution in [0.15, 0.2) is 0 Å². The SMILES string of the molecule is CC(C)CCN(C(=O)C1CCC(CN)O1)C1CCCC1. The first kappa shape index (κ1) is 15.8. The van der Waals surface area contributed by atoms with Crippen molar-refractivity contribution in [3.63, 3.8) is 0 Å². The molecular weight excluding hydrogens is 252 g/mol. The molecule has 4 heteroatoms. The third-order valence-electron chi connectivity index (χ3n) is 4.64. The number of carbonyl (C=O) groups excluding carboxylic acids is 1. The van der Waals surface area contributed by atoms with Crippen molar-refractivity contribution < 1.29 is 9.53 Å². The molecule has 1 aliphatic heterocycles. The second-order valence-corrected chi connectivity index (χ2v) is 6.71. The van der Waals surface area contributed by atoms with Crippen molar-refractivity contribution in [1.82, 2.24) is 4.90 Å². The van der Waals surface area contributed by atoms with Crippen LogP contribution in [0.5, 0.6) is 0 Å². The Morgan fingerprint density at radius 1 is 1.25 bits per heavy atom. The van der Waals surface area contributed by atoms with E-state index >= 15 is 0 Å². The lowest BCUT2D eigenvalue weighted by Crippen LogP contribution is -2.45. The van der Waals surface area contributed by atoms with Crippen molar-refractivity contribution in [3.8, 4) is 0 Å². The van der Waals surface area contributed by atoms with Gasteiger partial charge in [-0.25, -0.2) is 0 Å². The number of hydrogen-bond donors (Lipinski definition) is 1. The molecule has 1 amide bonds. The molecule has 0 aromatic rings. The fraction of sp³-hybridized carbons (Fsp3) is 0.938. The molecule has 2 unspecified atom stereocenters. The van der Waals surface area contributed by atoms with Gasteiger partial charge in [-0.2, -0.15) is 0 Å². The second-order valence-electron chi connectivity index (χ2n) is 6.71. The molecule has 0 bridgehead atoms. The first-order valence-corrected chi connectivity index (χ1v) is 8.27. The average Bonchev–Trinajstić information content (AvgIpc) is 3.09. The maximum Gasteiger partial charge on any atom is 0.251 e. The minimum atomic E-state index is -0.240. The summed E-state index contributed by atoms with van der Waals surface area (Å²) in [6.07, 6.45) is 7.53. The summed E-state index contributed by atoms with van der Waals surface area (Å²) < 4.78 is 5.80. The predicted molar refractivity (Wildman–Crippen MR) is 80.4 cm³/mol. The van der Waals surface area contributed by atoms with Gasteiger partial charge in [0.1, 0.15) is 6.10 Å². The molecule has 2 N–H and O–H groups in total. The molecule has 0 radical (unpaired) electrons. The van der Waals surface area contributed by atoms with Crippen LogP contribution in [-0.2, 0) is 9.53 Å². The summed E-state index contributed by atoms with van der Waals surface area (Å²) in [5, 5.41) is 0. The Bertz CT molecular complexity index is 314. The summed E-state index contributed by atoms with van der Waals surface area (Å²) >= 11 is 0. The molecule has 2 atom stereocenters. The summed E-state index contributed by atoms with van der Waals surface area (Å²) in [6.45, 7) is 5.84. The summed E-state index contributed by atoms with van der Waals surface area (Å²) in [5.41, 5.74) is 5.64. The quantitative estimate of drug-likeness (QED) is 0.813. The van der Waals surface area contributed by atoms with Gasteiger partial charge in [-0.1, -0.05) is 26.7 Å². The van der Waals surface area contributed by atoms with Crippen LogP contribution in [0.2, 0.25) is 0 Å². The molecule has 2 rings (SSSR count). The van der Waals surface area contributed by atoms with Crippen LogP contribution in [0.3, 0.4) is 0 Å². The zero-order valence-corrected chi connectivity index (χ0v) is 13.0. The molecule has 2 aliphatic rings. The van der Waals surface area contributed by atoms with Crippen LogP contribution >= 0.6 is 0 Å². The fourth-order valence-corrected chi connectivity index (χ4v) is 3.33. The number of amides is 1. The molecule has 1 saturated carbocycles. The highest BCUT2D eigenvalue weighted by atomic mass is 16.5. The Kier molecular flexibility index (Phi) is 5.85. The van der Waals surface area contributed by atoms with Gasteiger partial charge in [-0.3, -0.25) is 4.79 Å². The second kappa shape index (κ2) is 7.41. The van der Waals surface area contributed by atoms with Crippen molar-refractivity contribution in [2.24, 2.45) is 11.7 Å². The maximum absolute atomic E-state index is 12.8. The fourth-order valence-electron chi connectivity index (χ4n) is 3.33. The summed E-state index contributed by atoms with van der Waals surface area (Å²) in [5.74, 6) is 0.849. The zero-order valence-electron chi connectivity index (χ0n) is 13.0. The molecule has 2 fully saturated rings. The highest BCUT2D eigenvalue weighted by Crippen LogP contribution is 2.28. The van der Waals surface area contributed by atoms with E-state index in [1.54, 1.807) is 0 Å². The third-order valence-corrected chi connectivity index (χ3v) is 4.64. The van der Waals surface area contributed by atoms with Crippen molar-refractivity contribution in [2.45, 2.75) is 77.0 Å². The molecule has 1 heterocycles. The summed E-state index contributed by atoms with van der Waals surface area (Å²) in [7, 11) is 0. The monoisotopic (exact) mass is 282 g/mol. The van der Waals surface area contributed by atoms with Gasteiger partial charge in [0, 0.05) is 19.1 Å².